The molecule has 0 aliphatic heterocycles. The molecule has 1 aliphatic carbocycles. The predicted octanol–water partition coefficient (Wildman–Crippen LogP) is 1.25. The highest BCUT2D eigenvalue weighted by Crippen LogP contribution is 2.35. The molecule has 1 aromatic rings. The summed E-state index contributed by atoms with van der Waals surface area (Å²) in [4.78, 5) is 11.4. The van der Waals surface area contributed by atoms with Gasteiger partial charge in [0.1, 0.15) is 0 Å². The van der Waals surface area contributed by atoms with Crippen LogP contribution in [0.15, 0.2) is 6.20 Å². The second kappa shape index (κ2) is 4.42. The number of rotatable bonds is 2. The van der Waals surface area contributed by atoms with Crippen LogP contribution in [0.4, 0.5) is 0 Å². The number of hydrogen-bond acceptors (Lipinski definition) is 4. The van der Waals surface area contributed by atoms with Crippen LogP contribution < -0.4 is 0 Å². The van der Waals surface area contributed by atoms with Crippen LogP contribution in [-0.4, -0.2) is 28.5 Å². The van der Waals surface area contributed by atoms with Crippen molar-refractivity contribution in [1.29, 1.82) is 0 Å². The summed E-state index contributed by atoms with van der Waals surface area (Å²) in [7, 11) is 1.45. The van der Waals surface area contributed by atoms with Gasteiger partial charge in [0.15, 0.2) is 0 Å². The van der Waals surface area contributed by atoms with E-state index in [-0.39, 0.29) is 11.9 Å². The third kappa shape index (κ3) is 2.16. The molecule has 1 aliphatic rings. The van der Waals surface area contributed by atoms with E-state index in [2.05, 4.69) is 15.4 Å². The average Bonchev–Trinajstić information content (AvgIpc) is 2.82. The topological polar surface area (TPSA) is 67.9 Å². The SMILES string of the molecule is COC(=O)C1CCCC(c2cn[nH]n2)C1. The number of aromatic nitrogens is 3. The molecule has 82 valence electrons. The summed E-state index contributed by atoms with van der Waals surface area (Å²) in [6, 6.07) is 0. The normalized spacial score (nSPS) is 26.2. The molecule has 0 bridgehead atoms. The molecule has 1 aromatic heterocycles. The summed E-state index contributed by atoms with van der Waals surface area (Å²) in [6.07, 6.45) is 5.64. The third-order valence-electron chi connectivity index (χ3n) is 3.06. The van der Waals surface area contributed by atoms with E-state index in [0.29, 0.717) is 5.92 Å². The third-order valence-corrected chi connectivity index (χ3v) is 3.06. The molecular formula is C10H15N3O2. The summed E-state index contributed by atoms with van der Waals surface area (Å²) in [5, 5.41) is 10.5. The van der Waals surface area contributed by atoms with Gasteiger partial charge in [0.25, 0.3) is 0 Å². The Morgan fingerprint density at radius 3 is 3.13 bits per heavy atom. The van der Waals surface area contributed by atoms with Crippen molar-refractivity contribution in [3.05, 3.63) is 11.9 Å². The summed E-state index contributed by atoms with van der Waals surface area (Å²) < 4.78 is 4.77. The van der Waals surface area contributed by atoms with Gasteiger partial charge in [0, 0.05) is 5.92 Å². The molecule has 15 heavy (non-hydrogen) atoms. The van der Waals surface area contributed by atoms with E-state index in [1.807, 2.05) is 0 Å². The molecule has 2 unspecified atom stereocenters. The first-order valence-corrected chi connectivity index (χ1v) is 5.24. The molecule has 0 saturated heterocycles. The number of nitrogens with zero attached hydrogens (tertiary/aromatic N) is 2. The van der Waals surface area contributed by atoms with Gasteiger partial charge in [-0.1, -0.05) is 6.42 Å². The van der Waals surface area contributed by atoms with Gasteiger partial charge in [-0.3, -0.25) is 4.79 Å². The predicted molar refractivity (Wildman–Crippen MR) is 53.1 cm³/mol. The number of esters is 1. The Labute approximate surface area is 88.2 Å². The monoisotopic (exact) mass is 209 g/mol. The Kier molecular flexibility index (Phi) is 2.99. The minimum absolute atomic E-state index is 0.0328. The molecule has 0 spiro atoms. The molecule has 1 fully saturated rings. The Morgan fingerprint density at radius 2 is 2.47 bits per heavy atom. The van der Waals surface area contributed by atoms with Crippen molar-refractivity contribution >= 4 is 5.97 Å². The van der Waals surface area contributed by atoms with Gasteiger partial charge in [-0.15, -0.1) is 0 Å². The van der Waals surface area contributed by atoms with E-state index in [4.69, 9.17) is 4.74 Å². The lowest BCUT2D eigenvalue weighted by molar-refractivity contribution is -0.146. The molecule has 1 N–H and O–H groups in total. The maximum absolute atomic E-state index is 11.4. The first-order chi connectivity index (χ1) is 7.31. The number of carbonyl (C=O) groups excluding carboxylic acids is 1. The molecule has 2 atom stereocenters. The van der Waals surface area contributed by atoms with Crippen molar-refractivity contribution in [3.63, 3.8) is 0 Å². The van der Waals surface area contributed by atoms with E-state index >= 15 is 0 Å². The lowest BCUT2D eigenvalue weighted by Gasteiger charge is -2.25. The first-order valence-electron chi connectivity index (χ1n) is 5.24. The smallest absolute Gasteiger partial charge is 0.308 e. The zero-order valence-electron chi connectivity index (χ0n) is 8.77. The summed E-state index contributed by atoms with van der Waals surface area (Å²) in [6.45, 7) is 0. The number of methoxy groups -OCH3 is 1. The number of ether oxygens (including phenoxy) is 1. The fraction of sp³-hybridized carbons (Fsp3) is 0.700. The Balaban J connectivity index is 2.01. The van der Waals surface area contributed by atoms with E-state index in [1.165, 1.54) is 7.11 Å². The van der Waals surface area contributed by atoms with Gasteiger partial charge in [-0.2, -0.15) is 15.4 Å². The van der Waals surface area contributed by atoms with Gasteiger partial charge in [0.2, 0.25) is 0 Å². The molecule has 1 heterocycles. The lowest BCUT2D eigenvalue weighted by Crippen LogP contribution is -2.23. The Bertz CT molecular complexity index is 323. The largest absolute Gasteiger partial charge is 0.469 e. The standard InChI is InChI=1S/C10H15N3O2/c1-15-10(14)8-4-2-3-7(5-8)9-6-11-13-12-9/h6-8H,2-5H2,1H3,(H,11,12,13). The molecule has 1 saturated carbocycles. The number of aromatic amines is 1. The zero-order valence-corrected chi connectivity index (χ0v) is 8.77. The van der Waals surface area contributed by atoms with Crippen LogP contribution in [-0.2, 0) is 9.53 Å². The summed E-state index contributed by atoms with van der Waals surface area (Å²) in [5.74, 6) is 0.287. The van der Waals surface area contributed by atoms with Crippen LogP contribution in [0, 0.1) is 5.92 Å². The van der Waals surface area contributed by atoms with Crippen molar-refractivity contribution in [2.45, 2.75) is 31.6 Å². The van der Waals surface area contributed by atoms with E-state index in [0.717, 1.165) is 31.4 Å². The minimum atomic E-state index is -0.0943. The Morgan fingerprint density at radius 1 is 1.60 bits per heavy atom. The fourth-order valence-electron chi connectivity index (χ4n) is 2.25. The van der Waals surface area contributed by atoms with Crippen molar-refractivity contribution in [2.24, 2.45) is 5.92 Å². The highest BCUT2D eigenvalue weighted by molar-refractivity contribution is 5.72. The second-order valence-electron chi connectivity index (χ2n) is 3.98. The van der Waals surface area contributed by atoms with Crippen molar-refractivity contribution in [1.82, 2.24) is 15.4 Å². The van der Waals surface area contributed by atoms with Crippen LogP contribution in [0.2, 0.25) is 0 Å². The highest BCUT2D eigenvalue weighted by atomic mass is 16.5. The number of nitrogens with one attached hydrogen (secondary N) is 1. The van der Waals surface area contributed by atoms with Crippen LogP contribution in [0.1, 0.15) is 37.3 Å². The molecule has 2 rings (SSSR count). The molecule has 5 heteroatoms. The molecule has 0 aromatic carbocycles. The molecule has 0 radical (unpaired) electrons. The second-order valence-corrected chi connectivity index (χ2v) is 3.98. The van der Waals surface area contributed by atoms with Crippen LogP contribution in [0.25, 0.3) is 0 Å². The van der Waals surface area contributed by atoms with Crippen molar-refractivity contribution in [3.8, 4) is 0 Å². The molecule has 5 nitrogen and oxygen atoms in total. The van der Waals surface area contributed by atoms with Crippen LogP contribution >= 0.6 is 0 Å². The first kappa shape index (κ1) is 10.1. The van der Waals surface area contributed by atoms with Gasteiger partial charge in [-0.05, 0) is 19.3 Å². The Hall–Kier alpha value is -1.39. The van der Waals surface area contributed by atoms with Gasteiger partial charge in [-0.25, -0.2) is 0 Å². The van der Waals surface area contributed by atoms with E-state index in [9.17, 15) is 4.79 Å². The van der Waals surface area contributed by atoms with Crippen LogP contribution in [0.3, 0.4) is 0 Å². The zero-order chi connectivity index (χ0) is 10.7. The minimum Gasteiger partial charge on any atom is -0.469 e. The average molecular weight is 209 g/mol. The van der Waals surface area contributed by atoms with E-state index in [1.54, 1.807) is 6.20 Å². The number of carbonyl (C=O) groups is 1. The fourth-order valence-corrected chi connectivity index (χ4v) is 2.25. The number of H-pyrrole nitrogens is 1. The van der Waals surface area contributed by atoms with Crippen molar-refractivity contribution < 1.29 is 9.53 Å². The maximum Gasteiger partial charge on any atom is 0.308 e. The maximum atomic E-state index is 11.4. The van der Waals surface area contributed by atoms with Gasteiger partial charge in [0.05, 0.1) is 24.9 Å². The summed E-state index contributed by atoms with van der Waals surface area (Å²) in [5.41, 5.74) is 0.962. The quantitative estimate of drug-likeness (QED) is 0.744. The highest BCUT2D eigenvalue weighted by Gasteiger charge is 2.29. The van der Waals surface area contributed by atoms with Crippen molar-refractivity contribution in [2.75, 3.05) is 7.11 Å². The lowest BCUT2D eigenvalue weighted by atomic mass is 9.80. The summed E-state index contributed by atoms with van der Waals surface area (Å²) >= 11 is 0. The van der Waals surface area contributed by atoms with Crippen LogP contribution in [0.5, 0.6) is 0 Å². The van der Waals surface area contributed by atoms with Gasteiger partial charge < -0.3 is 4.74 Å². The number of hydrogen-bond donors (Lipinski definition) is 1. The van der Waals surface area contributed by atoms with Gasteiger partial charge >= 0.3 is 5.97 Å². The molecular weight excluding hydrogens is 194 g/mol. The van der Waals surface area contributed by atoms with E-state index < -0.39 is 0 Å². The molecule has 0 amide bonds.